The molecule has 1 amide bonds. The molecule has 2 aliphatic heterocycles. The first-order chi connectivity index (χ1) is 16.1. The summed E-state index contributed by atoms with van der Waals surface area (Å²) in [5, 5.41) is 11.4. The number of amides is 1. The second-order valence-electron chi connectivity index (χ2n) is 9.24. The molecule has 2 atom stereocenters. The lowest BCUT2D eigenvalue weighted by Gasteiger charge is -2.50. The summed E-state index contributed by atoms with van der Waals surface area (Å²) in [6, 6.07) is 19.9. The highest BCUT2D eigenvalue weighted by Gasteiger charge is 2.49. The summed E-state index contributed by atoms with van der Waals surface area (Å²) in [6.07, 6.45) is 3.88. The largest absolute Gasteiger partial charge is 0.448 e. The van der Waals surface area contributed by atoms with Crippen molar-refractivity contribution in [2.45, 2.75) is 36.4 Å². The first kappa shape index (κ1) is 20.4. The molecule has 2 bridgehead atoms. The molecule has 33 heavy (non-hydrogen) atoms. The number of hydrogen-bond acceptors (Lipinski definition) is 5. The fourth-order valence-electron chi connectivity index (χ4n) is 5.82. The molecular formula is C27H26N2O4. The van der Waals surface area contributed by atoms with Gasteiger partial charge in [0.1, 0.15) is 6.61 Å². The van der Waals surface area contributed by atoms with Gasteiger partial charge in [0.15, 0.2) is 0 Å². The minimum absolute atomic E-state index is 0.0227. The van der Waals surface area contributed by atoms with Crippen molar-refractivity contribution in [2.24, 2.45) is 0 Å². The number of rotatable bonds is 3. The van der Waals surface area contributed by atoms with Gasteiger partial charge in [-0.25, -0.2) is 4.79 Å². The fourth-order valence-corrected chi connectivity index (χ4v) is 5.82. The zero-order valence-corrected chi connectivity index (χ0v) is 18.3. The molecular weight excluding hydrogens is 416 g/mol. The molecule has 6 heteroatoms. The average Bonchev–Trinajstić information content (AvgIpc) is 3.16. The number of hydrogen-bond donors (Lipinski definition) is 1. The van der Waals surface area contributed by atoms with Crippen LogP contribution in [0.2, 0.25) is 0 Å². The summed E-state index contributed by atoms with van der Waals surface area (Å²) >= 11 is 0. The van der Waals surface area contributed by atoms with Crippen molar-refractivity contribution < 1.29 is 19.4 Å². The topological polar surface area (TPSA) is 71.9 Å². The molecule has 2 fully saturated rings. The SMILES string of the molecule is O=C(OCC1c2ccccc2-c2ccccc21)N1C2COCC1CC(O)(c1cccnc1)C2. The number of fused-ring (bicyclic) bond motifs is 5. The fraction of sp³-hybridized carbons (Fsp3) is 0.333. The second kappa shape index (κ2) is 7.97. The van der Waals surface area contributed by atoms with Gasteiger partial charge in [0.2, 0.25) is 0 Å². The summed E-state index contributed by atoms with van der Waals surface area (Å²) < 4.78 is 11.7. The standard InChI is InChI=1S/C27H26N2O4/c30-26(33-17-25-23-9-3-1-7-21(23)22-8-2-4-10-24(22)25)29-19-12-27(31,13-20(29)16-32-15-19)18-6-5-11-28-14-18/h1-11,14,19-20,25,31H,12-13,15-17H2. The molecule has 0 saturated carbocycles. The maximum absolute atomic E-state index is 13.3. The van der Waals surface area contributed by atoms with Gasteiger partial charge in [-0.05, 0) is 28.3 Å². The van der Waals surface area contributed by atoms with Gasteiger partial charge in [-0.3, -0.25) is 9.88 Å². The third-order valence-electron chi connectivity index (χ3n) is 7.30. The van der Waals surface area contributed by atoms with Crippen molar-refractivity contribution in [3.63, 3.8) is 0 Å². The first-order valence-electron chi connectivity index (χ1n) is 11.5. The van der Waals surface area contributed by atoms with Gasteiger partial charge in [0, 0.05) is 36.7 Å². The smallest absolute Gasteiger partial charge is 0.410 e. The van der Waals surface area contributed by atoms with E-state index in [1.165, 1.54) is 22.3 Å². The highest BCUT2D eigenvalue weighted by Crippen LogP contribution is 2.45. The van der Waals surface area contributed by atoms with Gasteiger partial charge in [-0.1, -0.05) is 54.6 Å². The van der Waals surface area contributed by atoms with Crippen molar-refractivity contribution in [2.75, 3.05) is 19.8 Å². The van der Waals surface area contributed by atoms with Crippen LogP contribution in [0, 0.1) is 0 Å². The quantitative estimate of drug-likeness (QED) is 0.662. The van der Waals surface area contributed by atoms with E-state index in [2.05, 4.69) is 29.2 Å². The van der Waals surface area contributed by atoms with Gasteiger partial charge in [-0.2, -0.15) is 0 Å². The van der Waals surface area contributed by atoms with E-state index in [0.29, 0.717) is 26.1 Å². The van der Waals surface area contributed by atoms with Crippen LogP contribution in [0.5, 0.6) is 0 Å². The van der Waals surface area contributed by atoms with Crippen LogP contribution in [0.25, 0.3) is 11.1 Å². The maximum Gasteiger partial charge on any atom is 0.410 e. The Morgan fingerprint density at radius 1 is 1.00 bits per heavy atom. The van der Waals surface area contributed by atoms with E-state index < -0.39 is 5.60 Å². The van der Waals surface area contributed by atoms with Crippen molar-refractivity contribution in [3.8, 4) is 11.1 Å². The monoisotopic (exact) mass is 442 g/mol. The van der Waals surface area contributed by atoms with E-state index in [1.54, 1.807) is 17.3 Å². The van der Waals surface area contributed by atoms with Gasteiger partial charge in [0.05, 0.1) is 30.9 Å². The van der Waals surface area contributed by atoms with Crippen LogP contribution in [0.4, 0.5) is 4.79 Å². The Labute approximate surface area is 192 Å². The van der Waals surface area contributed by atoms with Crippen LogP contribution in [-0.2, 0) is 15.1 Å². The number of aliphatic hydroxyl groups is 1. The van der Waals surface area contributed by atoms with Crippen molar-refractivity contribution >= 4 is 6.09 Å². The predicted molar refractivity (Wildman–Crippen MR) is 123 cm³/mol. The Bertz CT molecular complexity index is 1120. The highest BCUT2D eigenvalue weighted by molar-refractivity contribution is 5.79. The Kier molecular flexibility index (Phi) is 4.93. The number of piperidine rings is 1. The number of carbonyl (C=O) groups excluding carboxylic acids is 1. The Morgan fingerprint density at radius 3 is 2.24 bits per heavy atom. The van der Waals surface area contributed by atoms with Crippen LogP contribution in [0.1, 0.15) is 35.4 Å². The number of nitrogens with zero attached hydrogens (tertiary/aromatic N) is 2. The molecule has 0 spiro atoms. The number of ether oxygens (including phenoxy) is 2. The lowest BCUT2D eigenvalue weighted by molar-refractivity contribution is -0.136. The number of pyridine rings is 1. The van der Waals surface area contributed by atoms with Gasteiger partial charge >= 0.3 is 6.09 Å². The van der Waals surface area contributed by atoms with Gasteiger partial charge < -0.3 is 14.6 Å². The summed E-state index contributed by atoms with van der Waals surface area (Å²) in [4.78, 5) is 19.3. The van der Waals surface area contributed by atoms with Crippen LogP contribution < -0.4 is 0 Å². The normalized spacial score (nSPS) is 25.9. The van der Waals surface area contributed by atoms with E-state index >= 15 is 0 Å². The third kappa shape index (κ3) is 3.41. The summed E-state index contributed by atoms with van der Waals surface area (Å²) in [5.41, 5.74) is 4.57. The van der Waals surface area contributed by atoms with E-state index in [0.717, 1.165) is 5.56 Å². The molecule has 6 rings (SSSR count). The minimum Gasteiger partial charge on any atom is -0.448 e. The lowest BCUT2D eigenvalue weighted by Crippen LogP contribution is -2.62. The van der Waals surface area contributed by atoms with Gasteiger partial charge in [-0.15, -0.1) is 0 Å². The Balaban J connectivity index is 1.21. The number of aromatic nitrogens is 1. The molecule has 3 aliphatic rings. The highest BCUT2D eigenvalue weighted by atomic mass is 16.6. The Hall–Kier alpha value is -3.22. The number of benzene rings is 2. The predicted octanol–water partition coefficient (Wildman–Crippen LogP) is 4.08. The third-order valence-corrected chi connectivity index (χ3v) is 7.30. The van der Waals surface area contributed by atoms with Crippen LogP contribution in [0.15, 0.2) is 73.1 Å². The molecule has 3 heterocycles. The Morgan fingerprint density at radius 2 is 1.64 bits per heavy atom. The summed E-state index contributed by atoms with van der Waals surface area (Å²) in [6.45, 7) is 1.07. The average molecular weight is 443 g/mol. The lowest BCUT2D eigenvalue weighted by atomic mass is 9.77. The van der Waals surface area contributed by atoms with E-state index in [4.69, 9.17) is 9.47 Å². The van der Waals surface area contributed by atoms with Crippen molar-refractivity contribution in [3.05, 3.63) is 89.7 Å². The summed E-state index contributed by atoms with van der Waals surface area (Å²) in [5.74, 6) is 0.0227. The van der Waals surface area contributed by atoms with Crippen molar-refractivity contribution in [1.29, 1.82) is 0 Å². The molecule has 6 nitrogen and oxygen atoms in total. The number of carbonyl (C=O) groups is 1. The molecule has 1 N–H and O–H groups in total. The zero-order valence-electron chi connectivity index (χ0n) is 18.3. The van der Waals surface area contributed by atoms with Crippen LogP contribution in [0.3, 0.4) is 0 Å². The van der Waals surface area contributed by atoms with Crippen molar-refractivity contribution in [1.82, 2.24) is 9.88 Å². The molecule has 1 aromatic heterocycles. The molecule has 2 aromatic carbocycles. The minimum atomic E-state index is -1.02. The van der Waals surface area contributed by atoms with E-state index in [9.17, 15) is 9.90 Å². The molecule has 2 saturated heterocycles. The molecule has 3 aromatic rings. The molecule has 1 aliphatic carbocycles. The maximum atomic E-state index is 13.3. The molecule has 2 unspecified atom stereocenters. The van der Waals surface area contributed by atoms with Crippen LogP contribution >= 0.6 is 0 Å². The number of morpholine rings is 1. The molecule has 0 radical (unpaired) electrons. The van der Waals surface area contributed by atoms with E-state index in [-0.39, 0.29) is 30.7 Å². The van der Waals surface area contributed by atoms with E-state index in [1.807, 2.05) is 36.4 Å². The molecule has 168 valence electrons. The first-order valence-corrected chi connectivity index (χ1v) is 11.5. The van der Waals surface area contributed by atoms with Gasteiger partial charge in [0.25, 0.3) is 0 Å². The second-order valence-corrected chi connectivity index (χ2v) is 9.24. The zero-order chi connectivity index (χ0) is 22.4. The summed E-state index contributed by atoms with van der Waals surface area (Å²) in [7, 11) is 0. The van der Waals surface area contributed by atoms with Crippen LogP contribution in [-0.4, -0.2) is 53.0 Å².